The molecule has 0 spiro atoms. The first-order chi connectivity index (χ1) is 11.6. The fourth-order valence-electron chi connectivity index (χ4n) is 3.62. The molecule has 0 fully saturated rings. The van der Waals surface area contributed by atoms with Gasteiger partial charge in [-0.15, -0.1) is 0 Å². The van der Waals surface area contributed by atoms with Crippen molar-refractivity contribution in [3.8, 4) is 0 Å². The Morgan fingerprint density at radius 1 is 0.960 bits per heavy atom. The highest BCUT2D eigenvalue weighted by molar-refractivity contribution is 7.92. The Morgan fingerprint density at radius 3 is 2.20 bits per heavy atom. The first-order valence-corrected chi connectivity index (χ1v) is 10.1. The average Bonchev–Trinajstić information content (AvgIpc) is 2.49. The van der Waals surface area contributed by atoms with Crippen molar-refractivity contribution in [3.63, 3.8) is 0 Å². The van der Waals surface area contributed by atoms with Crippen LogP contribution >= 0.6 is 0 Å². The van der Waals surface area contributed by atoms with Crippen molar-refractivity contribution in [1.82, 2.24) is 0 Å². The van der Waals surface area contributed by atoms with Crippen LogP contribution in [-0.2, 0) is 15.8 Å². The molecule has 0 atom stereocenters. The zero-order chi connectivity index (χ0) is 18.4. The van der Waals surface area contributed by atoms with Crippen molar-refractivity contribution in [2.75, 3.05) is 4.31 Å². The summed E-state index contributed by atoms with van der Waals surface area (Å²) in [6.45, 7) is 10.1. The van der Waals surface area contributed by atoms with E-state index in [1.54, 1.807) is 4.31 Å². The van der Waals surface area contributed by atoms with Gasteiger partial charge in [-0.25, -0.2) is 8.42 Å². The Balaban J connectivity index is 2.16. The van der Waals surface area contributed by atoms with Crippen molar-refractivity contribution in [3.05, 3.63) is 70.8 Å². The third-order valence-electron chi connectivity index (χ3n) is 4.82. The first-order valence-electron chi connectivity index (χ1n) is 8.50. The number of sulfonamides is 1. The molecule has 2 aromatic carbocycles. The average molecular weight is 356 g/mol. The molecule has 3 nitrogen and oxygen atoms in total. The van der Waals surface area contributed by atoms with E-state index in [1.165, 1.54) is 5.56 Å². The molecule has 3 rings (SSSR count). The minimum absolute atomic E-state index is 0.00345. The van der Waals surface area contributed by atoms with Crippen LogP contribution in [0.2, 0.25) is 0 Å². The van der Waals surface area contributed by atoms with Gasteiger partial charge in [0.15, 0.2) is 0 Å². The lowest BCUT2D eigenvalue weighted by Crippen LogP contribution is -2.49. The quantitative estimate of drug-likeness (QED) is 0.790. The lowest BCUT2D eigenvalue weighted by molar-refractivity contribution is 0.560. The zero-order valence-corrected chi connectivity index (χ0v) is 16.3. The second-order valence-electron chi connectivity index (χ2n) is 7.44. The summed E-state index contributed by atoms with van der Waals surface area (Å²) < 4.78 is 28.3. The van der Waals surface area contributed by atoms with Gasteiger partial charge in [-0.3, -0.25) is 4.31 Å². The monoisotopic (exact) mass is 355 g/mol. The molecule has 4 heteroatoms. The van der Waals surface area contributed by atoms with Crippen LogP contribution in [0.1, 0.15) is 43.0 Å². The highest BCUT2D eigenvalue weighted by atomic mass is 32.2. The summed E-state index contributed by atoms with van der Waals surface area (Å²) in [5.41, 5.74) is 5.37. The SMILES string of the molecule is CC1=CC(C)(C)N(S(=O)(=O)Cc2ccccc2)c2cc(C)c(C)cc21. The molecule has 0 aliphatic carbocycles. The molecule has 0 aromatic heterocycles. The van der Waals surface area contributed by atoms with Crippen LogP contribution in [0.4, 0.5) is 5.69 Å². The van der Waals surface area contributed by atoms with Gasteiger partial charge >= 0.3 is 0 Å². The van der Waals surface area contributed by atoms with Crippen LogP contribution in [0.3, 0.4) is 0 Å². The number of nitrogens with zero attached hydrogens (tertiary/aromatic N) is 1. The lowest BCUT2D eigenvalue weighted by atomic mass is 9.89. The van der Waals surface area contributed by atoms with Crippen LogP contribution in [-0.4, -0.2) is 14.0 Å². The summed E-state index contributed by atoms with van der Waals surface area (Å²) in [5.74, 6) is -0.00345. The number of allylic oxidation sites excluding steroid dienone is 1. The third kappa shape index (κ3) is 3.23. The van der Waals surface area contributed by atoms with E-state index in [9.17, 15) is 8.42 Å². The number of hydrogen-bond acceptors (Lipinski definition) is 2. The highest BCUT2D eigenvalue weighted by Crippen LogP contribution is 2.42. The van der Waals surface area contributed by atoms with E-state index in [0.29, 0.717) is 0 Å². The number of benzene rings is 2. The van der Waals surface area contributed by atoms with Crippen LogP contribution in [0, 0.1) is 13.8 Å². The molecular formula is C21H25NO2S. The summed E-state index contributed by atoms with van der Waals surface area (Å²) in [5, 5.41) is 0. The molecule has 2 aromatic rings. The fraction of sp³-hybridized carbons (Fsp3) is 0.333. The number of aryl methyl sites for hydroxylation is 2. The number of hydrogen-bond donors (Lipinski definition) is 0. The van der Waals surface area contributed by atoms with E-state index in [4.69, 9.17) is 0 Å². The molecule has 0 amide bonds. The maximum absolute atomic E-state index is 13.3. The van der Waals surface area contributed by atoms with Crippen molar-refractivity contribution in [1.29, 1.82) is 0 Å². The Labute approximate surface area is 151 Å². The third-order valence-corrected chi connectivity index (χ3v) is 6.74. The van der Waals surface area contributed by atoms with E-state index >= 15 is 0 Å². The second kappa shape index (κ2) is 6.03. The smallest absolute Gasteiger partial charge is 0.240 e. The number of fused-ring (bicyclic) bond motifs is 1. The topological polar surface area (TPSA) is 37.4 Å². The van der Waals surface area contributed by atoms with E-state index in [2.05, 4.69) is 19.9 Å². The fourth-order valence-corrected chi connectivity index (χ4v) is 5.58. The molecule has 0 N–H and O–H groups in total. The van der Waals surface area contributed by atoms with E-state index < -0.39 is 15.6 Å². The minimum Gasteiger partial charge on any atom is -0.260 e. The first kappa shape index (κ1) is 17.7. The maximum Gasteiger partial charge on any atom is 0.240 e. The minimum atomic E-state index is -3.52. The van der Waals surface area contributed by atoms with Crippen molar-refractivity contribution in [2.45, 2.75) is 45.9 Å². The largest absolute Gasteiger partial charge is 0.260 e. The normalized spacial score (nSPS) is 16.4. The van der Waals surface area contributed by atoms with Gasteiger partial charge in [0, 0.05) is 5.56 Å². The molecule has 0 unspecified atom stereocenters. The summed E-state index contributed by atoms with van der Waals surface area (Å²) in [6, 6.07) is 13.5. The Kier molecular flexibility index (Phi) is 4.28. The standard InChI is InChI=1S/C21H25NO2S/c1-15-11-19-17(3)13-21(4,5)22(20(19)12-16(15)2)25(23,24)14-18-9-7-6-8-10-18/h6-13H,14H2,1-5H3. The highest BCUT2D eigenvalue weighted by Gasteiger charge is 2.39. The Hall–Kier alpha value is -2.07. The summed E-state index contributed by atoms with van der Waals surface area (Å²) in [7, 11) is -3.52. The van der Waals surface area contributed by atoms with Gasteiger partial charge in [0.25, 0.3) is 0 Å². The van der Waals surface area contributed by atoms with Crippen LogP contribution in [0.5, 0.6) is 0 Å². The predicted octanol–water partition coefficient (Wildman–Crippen LogP) is 4.84. The van der Waals surface area contributed by atoms with Gasteiger partial charge in [0.1, 0.15) is 0 Å². The molecule has 1 aliphatic heterocycles. The van der Waals surface area contributed by atoms with Crippen molar-refractivity contribution in [2.24, 2.45) is 0 Å². The Morgan fingerprint density at radius 2 is 1.56 bits per heavy atom. The molecule has 0 radical (unpaired) electrons. The summed E-state index contributed by atoms with van der Waals surface area (Å²) >= 11 is 0. The van der Waals surface area contributed by atoms with Gasteiger partial charge in [0.05, 0.1) is 17.0 Å². The Bertz CT molecular complexity index is 941. The second-order valence-corrected chi connectivity index (χ2v) is 9.26. The van der Waals surface area contributed by atoms with Gasteiger partial charge < -0.3 is 0 Å². The van der Waals surface area contributed by atoms with Crippen molar-refractivity contribution < 1.29 is 8.42 Å². The van der Waals surface area contributed by atoms with Crippen LogP contribution in [0.25, 0.3) is 5.57 Å². The maximum atomic E-state index is 13.3. The zero-order valence-electron chi connectivity index (χ0n) is 15.5. The number of rotatable bonds is 3. The van der Waals surface area contributed by atoms with Gasteiger partial charge in [-0.05, 0) is 69.0 Å². The molecule has 1 heterocycles. The summed E-state index contributed by atoms with van der Waals surface area (Å²) in [4.78, 5) is 0. The molecule has 0 bridgehead atoms. The number of anilines is 1. The molecule has 1 aliphatic rings. The molecular weight excluding hydrogens is 330 g/mol. The van der Waals surface area contributed by atoms with E-state index in [-0.39, 0.29) is 5.75 Å². The van der Waals surface area contributed by atoms with E-state index in [1.807, 2.05) is 63.2 Å². The van der Waals surface area contributed by atoms with Gasteiger partial charge in [-0.2, -0.15) is 0 Å². The van der Waals surface area contributed by atoms with Gasteiger partial charge in [-0.1, -0.05) is 36.4 Å². The molecule has 132 valence electrons. The lowest BCUT2D eigenvalue weighted by Gasteiger charge is -2.42. The predicted molar refractivity (Wildman–Crippen MR) is 105 cm³/mol. The molecule has 0 saturated carbocycles. The van der Waals surface area contributed by atoms with Crippen LogP contribution < -0.4 is 4.31 Å². The summed E-state index contributed by atoms with van der Waals surface area (Å²) in [6.07, 6.45) is 2.05. The van der Waals surface area contributed by atoms with Crippen molar-refractivity contribution >= 4 is 21.3 Å². The van der Waals surface area contributed by atoms with Crippen LogP contribution in [0.15, 0.2) is 48.5 Å². The molecule has 25 heavy (non-hydrogen) atoms. The molecule has 0 saturated heterocycles. The van der Waals surface area contributed by atoms with E-state index in [0.717, 1.165) is 28.0 Å². The van der Waals surface area contributed by atoms with Gasteiger partial charge in [0.2, 0.25) is 10.0 Å².